The van der Waals surface area contributed by atoms with Crippen LogP contribution >= 0.6 is 0 Å². The highest BCUT2D eigenvalue weighted by atomic mass is 28.4. The molecule has 2 rings (SSSR count). The molecule has 0 aromatic carbocycles. The van der Waals surface area contributed by atoms with Gasteiger partial charge in [-0.05, 0) is 65.2 Å². The van der Waals surface area contributed by atoms with Crippen molar-refractivity contribution in [3.63, 3.8) is 0 Å². The smallest absolute Gasteiger partial charge is 0.374 e. The van der Waals surface area contributed by atoms with E-state index in [0.717, 1.165) is 90.1 Å². The molecule has 2 aliphatic heterocycles. The maximum atomic E-state index is 6.39. The van der Waals surface area contributed by atoms with E-state index in [1.54, 1.807) is 0 Å². The van der Waals surface area contributed by atoms with Gasteiger partial charge in [0.05, 0.1) is 26.4 Å². The van der Waals surface area contributed by atoms with Crippen LogP contribution < -0.4 is 0 Å². The van der Waals surface area contributed by atoms with Crippen molar-refractivity contribution in [2.75, 3.05) is 92.0 Å². The predicted octanol–water partition coefficient (Wildman–Crippen LogP) is 5.43. The number of hydrogen-bond acceptors (Lipinski definition) is 10. The summed E-state index contributed by atoms with van der Waals surface area (Å²) < 4.78 is 37.9. The Hall–Kier alpha value is -0.546. The maximum absolute atomic E-state index is 6.39. The van der Waals surface area contributed by atoms with Crippen molar-refractivity contribution in [1.82, 2.24) is 9.80 Å². The van der Waals surface area contributed by atoms with Crippen LogP contribution in [0.4, 0.5) is 0 Å². The molecular weight excluding hydrogens is 593 g/mol. The molecule has 10 nitrogen and oxygen atoms in total. The topological polar surface area (TPSA) is 86.6 Å². The second kappa shape index (κ2) is 22.1. The fourth-order valence-corrected chi connectivity index (χ4v) is 10.9. The van der Waals surface area contributed by atoms with Gasteiger partial charge in [-0.3, -0.25) is 19.8 Å². The monoisotopic (exact) mass is 658 g/mol. The molecule has 2 heterocycles. The van der Waals surface area contributed by atoms with Crippen LogP contribution in [0.3, 0.4) is 0 Å². The average Bonchev–Trinajstić information content (AvgIpc) is 2.92. The van der Waals surface area contributed by atoms with Gasteiger partial charge in [0.15, 0.2) is 0 Å². The molecule has 0 bridgehead atoms. The first-order valence-electron chi connectivity index (χ1n) is 17.4. The van der Waals surface area contributed by atoms with Crippen LogP contribution in [0.1, 0.15) is 81.1 Å². The summed E-state index contributed by atoms with van der Waals surface area (Å²) in [5, 5.41) is 0. The summed E-state index contributed by atoms with van der Waals surface area (Å²) in [6.45, 7) is 28.1. The molecule has 2 aliphatic rings. The SMILES string of the molecule is CCO[Si]1(CCC/N=C(\C)CC(C)C)OCCN(CCN2CCO[Si](CCC/N=C(\C)CC(C)C)(OCC)OCC2)CCO1. The van der Waals surface area contributed by atoms with Crippen molar-refractivity contribution in [1.29, 1.82) is 0 Å². The van der Waals surface area contributed by atoms with Crippen LogP contribution in [0, 0.1) is 11.8 Å². The zero-order valence-corrected chi connectivity index (χ0v) is 31.5. The lowest BCUT2D eigenvalue weighted by Crippen LogP contribution is -2.53. The van der Waals surface area contributed by atoms with E-state index in [1.807, 2.05) is 13.8 Å². The number of hydrogen-bond donors (Lipinski definition) is 0. The summed E-state index contributed by atoms with van der Waals surface area (Å²) in [6, 6.07) is 1.65. The Labute approximate surface area is 272 Å². The van der Waals surface area contributed by atoms with E-state index in [1.165, 1.54) is 11.4 Å². The van der Waals surface area contributed by atoms with E-state index >= 15 is 0 Å². The fraction of sp³-hybridized carbons (Fsp3) is 0.938. The molecule has 0 aliphatic carbocycles. The Bertz CT molecular complexity index is 747. The Balaban J connectivity index is 1.75. The molecular formula is C32H66N4O6Si2. The Morgan fingerprint density at radius 2 is 0.977 bits per heavy atom. The average molecular weight is 659 g/mol. The minimum absolute atomic E-state index is 0.615. The lowest BCUT2D eigenvalue weighted by atomic mass is 10.1. The summed E-state index contributed by atoms with van der Waals surface area (Å²) in [6.07, 6.45) is 3.98. The number of aliphatic imine (C=N–C) groups is 2. The van der Waals surface area contributed by atoms with Gasteiger partial charge in [0.1, 0.15) is 0 Å². The largest absolute Gasteiger partial charge is 0.501 e. The van der Waals surface area contributed by atoms with Crippen molar-refractivity contribution < 1.29 is 26.6 Å². The van der Waals surface area contributed by atoms with Crippen LogP contribution in [0.25, 0.3) is 0 Å². The van der Waals surface area contributed by atoms with Crippen molar-refractivity contribution in [3.8, 4) is 0 Å². The lowest BCUT2D eigenvalue weighted by Gasteiger charge is -2.36. The van der Waals surface area contributed by atoms with E-state index in [4.69, 9.17) is 36.5 Å². The van der Waals surface area contributed by atoms with Crippen molar-refractivity contribution in [3.05, 3.63) is 0 Å². The van der Waals surface area contributed by atoms with Gasteiger partial charge in [0, 0.05) is 89.1 Å². The minimum Gasteiger partial charge on any atom is -0.374 e. The molecule has 0 unspecified atom stereocenters. The van der Waals surface area contributed by atoms with Crippen molar-refractivity contribution in [2.24, 2.45) is 21.8 Å². The van der Waals surface area contributed by atoms with E-state index in [-0.39, 0.29) is 0 Å². The van der Waals surface area contributed by atoms with Gasteiger partial charge in [-0.25, -0.2) is 0 Å². The fourth-order valence-electron chi connectivity index (χ4n) is 5.84. The summed E-state index contributed by atoms with van der Waals surface area (Å²) in [4.78, 5) is 14.4. The van der Waals surface area contributed by atoms with Gasteiger partial charge < -0.3 is 26.6 Å². The predicted molar refractivity (Wildman–Crippen MR) is 185 cm³/mol. The highest BCUT2D eigenvalue weighted by molar-refractivity contribution is 6.61. The third-order valence-electron chi connectivity index (χ3n) is 7.83. The molecule has 0 spiro atoms. The molecule has 0 saturated carbocycles. The van der Waals surface area contributed by atoms with Gasteiger partial charge in [-0.1, -0.05) is 27.7 Å². The molecule has 2 fully saturated rings. The van der Waals surface area contributed by atoms with Gasteiger partial charge in [0.25, 0.3) is 0 Å². The van der Waals surface area contributed by atoms with Crippen LogP contribution in [0.15, 0.2) is 9.98 Å². The second-order valence-electron chi connectivity index (χ2n) is 12.9. The summed E-state index contributed by atoms with van der Waals surface area (Å²) in [5.41, 5.74) is 2.45. The van der Waals surface area contributed by atoms with E-state index in [9.17, 15) is 0 Å². The van der Waals surface area contributed by atoms with Gasteiger partial charge in [0.2, 0.25) is 0 Å². The Morgan fingerprint density at radius 1 is 0.636 bits per heavy atom. The molecule has 2 saturated heterocycles. The quantitative estimate of drug-likeness (QED) is 0.103. The zero-order chi connectivity index (χ0) is 32.3. The van der Waals surface area contributed by atoms with Gasteiger partial charge in [-0.15, -0.1) is 0 Å². The summed E-state index contributed by atoms with van der Waals surface area (Å²) in [5.74, 6) is 1.28. The first kappa shape index (κ1) is 39.6. The Morgan fingerprint density at radius 3 is 1.27 bits per heavy atom. The van der Waals surface area contributed by atoms with E-state index < -0.39 is 17.6 Å². The number of rotatable bonds is 19. The molecule has 0 atom stereocenters. The Kier molecular flexibility index (Phi) is 19.9. The summed E-state index contributed by atoms with van der Waals surface area (Å²) >= 11 is 0. The first-order chi connectivity index (χ1) is 21.1. The highest BCUT2D eigenvalue weighted by Crippen LogP contribution is 2.22. The maximum Gasteiger partial charge on any atom is 0.501 e. The lowest BCUT2D eigenvalue weighted by molar-refractivity contribution is 0.0138. The normalized spacial score (nSPS) is 21.3. The van der Waals surface area contributed by atoms with Crippen molar-refractivity contribution in [2.45, 2.75) is 93.2 Å². The molecule has 258 valence electrons. The molecule has 44 heavy (non-hydrogen) atoms. The van der Waals surface area contributed by atoms with Crippen LogP contribution in [0.5, 0.6) is 0 Å². The molecule has 0 N–H and O–H groups in total. The molecule has 0 aromatic rings. The first-order valence-corrected chi connectivity index (χ1v) is 21.3. The third-order valence-corrected chi connectivity index (χ3v) is 13.8. The van der Waals surface area contributed by atoms with E-state index in [0.29, 0.717) is 51.5 Å². The summed E-state index contributed by atoms with van der Waals surface area (Å²) in [7, 11) is -5.33. The van der Waals surface area contributed by atoms with Crippen LogP contribution in [0.2, 0.25) is 12.1 Å². The van der Waals surface area contributed by atoms with Gasteiger partial charge >= 0.3 is 17.6 Å². The molecule has 12 heteroatoms. The minimum atomic E-state index is -2.67. The van der Waals surface area contributed by atoms with Gasteiger partial charge in [-0.2, -0.15) is 0 Å². The molecule has 0 amide bonds. The highest BCUT2D eigenvalue weighted by Gasteiger charge is 2.42. The zero-order valence-electron chi connectivity index (χ0n) is 29.5. The molecule has 0 radical (unpaired) electrons. The third kappa shape index (κ3) is 16.3. The van der Waals surface area contributed by atoms with E-state index in [2.05, 4.69) is 51.3 Å². The van der Waals surface area contributed by atoms with Crippen LogP contribution in [-0.4, -0.2) is 131 Å². The van der Waals surface area contributed by atoms with Crippen molar-refractivity contribution >= 4 is 29.0 Å². The second-order valence-corrected chi connectivity index (χ2v) is 18.4. The molecule has 0 aromatic heterocycles. The van der Waals surface area contributed by atoms with Crippen LogP contribution in [-0.2, 0) is 26.6 Å². The standard InChI is InChI=1S/C32H66N4O6Si2/c1-9-37-43(25-11-13-33-31(7)27-29(3)4)39-21-17-35(18-22-40-43)15-16-36-19-23-41-44(38-10-2,42-24-20-36)26-12-14-34-32(8)28-30(5)6/h29-30H,9-28H2,1-8H3/b33-31+,34-32+. The number of nitrogens with zero attached hydrogens (tertiary/aromatic N) is 4.